The molecule has 0 amide bonds. The van der Waals surface area contributed by atoms with Crippen molar-refractivity contribution in [1.29, 1.82) is 0 Å². The van der Waals surface area contributed by atoms with Crippen molar-refractivity contribution in [2.45, 2.75) is 38.6 Å². The van der Waals surface area contributed by atoms with Crippen molar-refractivity contribution in [3.8, 4) is 0 Å². The van der Waals surface area contributed by atoms with Gasteiger partial charge in [-0.25, -0.2) is 12.8 Å². The average molecular weight is 314 g/mol. The third kappa shape index (κ3) is 3.27. The van der Waals surface area contributed by atoms with Gasteiger partial charge in [0.25, 0.3) is 0 Å². The van der Waals surface area contributed by atoms with Crippen LogP contribution in [0.2, 0.25) is 0 Å². The Morgan fingerprint density at radius 2 is 2.05 bits per heavy atom. The molecule has 0 radical (unpaired) electrons. The van der Waals surface area contributed by atoms with Gasteiger partial charge in [-0.1, -0.05) is 26.8 Å². The Balaban J connectivity index is 2.34. The highest BCUT2D eigenvalue weighted by Gasteiger charge is 2.38. The molecule has 6 heteroatoms. The van der Waals surface area contributed by atoms with Gasteiger partial charge in [0.2, 0.25) is 10.0 Å². The number of rotatable bonds is 3. The molecule has 1 heterocycles. The number of hydrogen-bond donors (Lipinski definition) is 1. The van der Waals surface area contributed by atoms with Crippen LogP contribution in [0.15, 0.2) is 23.1 Å². The van der Waals surface area contributed by atoms with Gasteiger partial charge in [0, 0.05) is 19.6 Å². The number of benzene rings is 1. The predicted molar refractivity (Wildman–Crippen MR) is 80.6 cm³/mol. The van der Waals surface area contributed by atoms with Gasteiger partial charge in [-0.3, -0.25) is 0 Å². The molecular formula is C15H23FN2O2S. The van der Waals surface area contributed by atoms with Crippen LogP contribution in [-0.4, -0.2) is 25.8 Å². The van der Waals surface area contributed by atoms with E-state index in [0.29, 0.717) is 24.6 Å². The Morgan fingerprint density at radius 3 is 2.57 bits per heavy atom. The van der Waals surface area contributed by atoms with E-state index < -0.39 is 15.8 Å². The van der Waals surface area contributed by atoms with Crippen LogP contribution in [0.4, 0.5) is 4.39 Å². The van der Waals surface area contributed by atoms with Crippen LogP contribution in [0.3, 0.4) is 0 Å². The van der Waals surface area contributed by atoms with Gasteiger partial charge in [0.05, 0.1) is 4.90 Å². The third-order valence-electron chi connectivity index (χ3n) is 4.24. The second-order valence-electron chi connectivity index (χ2n) is 6.67. The minimum Gasteiger partial charge on any atom is -0.326 e. The van der Waals surface area contributed by atoms with Crippen LogP contribution in [0.5, 0.6) is 0 Å². The monoisotopic (exact) mass is 314 g/mol. The fourth-order valence-corrected chi connectivity index (χ4v) is 4.47. The van der Waals surface area contributed by atoms with E-state index in [9.17, 15) is 12.8 Å². The molecule has 1 aromatic rings. The van der Waals surface area contributed by atoms with Gasteiger partial charge in [-0.15, -0.1) is 0 Å². The van der Waals surface area contributed by atoms with Crippen molar-refractivity contribution in [3.63, 3.8) is 0 Å². The summed E-state index contributed by atoms with van der Waals surface area (Å²) in [6.07, 6.45) is 0.829. The van der Waals surface area contributed by atoms with E-state index in [1.165, 1.54) is 16.4 Å². The van der Waals surface area contributed by atoms with Crippen molar-refractivity contribution in [3.05, 3.63) is 29.6 Å². The van der Waals surface area contributed by atoms with E-state index in [0.717, 1.165) is 12.5 Å². The van der Waals surface area contributed by atoms with Gasteiger partial charge in [0.1, 0.15) is 5.82 Å². The quantitative estimate of drug-likeness (QED) is 0.931. The van der Waals surface area contributed by atoms with Crippen LogP contribution in [0, 0.1) is 17.2 Å². The lowest BCUT2D eigenvalue weighted by atomic mass is 9.80. The molecule has 0 bridgehead atoms. The molecule has 0 aromatic heterocycles. The van der Waals surface area contributed by atoms with Crippen LogP contribution in [-0.2, 0) is 16.6 Å². The number of hydrogen-bond acceptors (Lipinski definition) is 3. The minimum atomic E-state index is -3.68. The second-order valence-corrected chi connectivity index (χ2v) is 8.58. The first-order chi connectivity index (χ1) is 9.66. The molecule has 0 spiro atoms. The van der Waals surface area contributed by atoms with Gasteiger partial charge in [-0.05, 0) is 35.4 Å². The first kappa shape index (κ1) is 16.4. The molecule has 1 fully saturated rings. The molecule has 1 unspecified atom stereocenters. The highest BCUT2D eigenvalue weighted by atomic mass is 32.2. The van der Waals surface area contributed by atoms with Gasteiger partial charge in [0.15, 0.2) is 0 Å². The molecule has 2 rings (SSSR count). The summed E-state index contributed by atoms with van der Waals surface area (Å²) in [7, 11) is -3.68. The van der Waals surface area contributed by atoms with E-state index in [1.807, 2.05) is 0 Å². The summed E-state index contributed by atoms with van der Waals surface area (Å²) in [5.41, 5.74) is 6.10. The van der Waals surface area contributed by atoms with E-state index in [-0.39, 0.29) is 16.9 Å². The van der Waals surface area contributed by atoms with E-state index >= 15 is 0 Å². The van der Waals surface area contributed by atoms with Crippen molar-refractivity contribution in [2.75, 3.05) is 13.1 Å². The van der Waals surface area contributed by atoms with Crippen LogP contribution in [0.1, 0.15) is 32.8 Å². The predicted octanol–water partition coefficient (Wildman–Crippen LogP) is 2.34. The molecule has 118 valence electrons. The smallest absolute Gasteiger partial charge is 0.243 e. The van der Waals surface area contributed by atoms with Crippen molar-refractivity contribution in [2.24, 2.45) is 17.1 Å². The van der Waals surface area contributed by atoms with E-state index in [2.05, 4.69) is 20.8 Å². The summed E-state index contributed by atoms with van der Waals surface area (Å²) in [5, 5.41) is 0. The second kappa shape index (κ2) is 5.66. The van der Waals surface area contributed by atoms with Gasteiger partial charge in [-0.2, -0.15) is 4.31 Å². The fourth-order valence-electron chi connectivity index (χ4n) is 2.73. The van der Waals surface area contributed by atoms with Crippen molar-refractivity contribution >= 4 is 10.0 Å². The summed E-state index contributed by atoms with van der Waals surface area (Å²) in [4.78, 5) is -0.000408. The first-order valence-corrected chi connectivity index (χ1v) is 8.59. The topological polar surface area (TPSA) is 63.4 Å². The van der Waals surface area contributed by atoms with Gasteiger partial charge < -0.3 is 5.73 Å². The summed E-state index contributed by atoms with van der Waals surface area (Å²) in [6, 6.07) is 3.75. The molecule has 4 nitrogen and oxygen atoms in total. The van der Waals surface area contributed by atoms with Crippen LogP contribution < -0.4 is 5.73 Å². The molecule has 0 aliphatic carbocycles. The van der Waals surface area contributed by atoms with E-state index in [1.54, 1.807) is 0 Å². The summed E-state index contributed by atoms with van der Waals surface area (Å²) >= 11 is 0. The Labute approximate surface area is 126 Å². The number of nitrogens with two attached hydrogens (primary N) is 1. The molecule has 1 aliphatic rings. The number of halogens is 1. The zero-order valence-electron chi connectivity index (χ0n) is 12.8. The van der Waals surface area contributed by atoms with Crippen molar-refractivity contribution < 1.29 is 12.8 Å². The molecule has 1 atom stereocenters. The minimum absolute atomic E-state index is 0.000408. The van der Waals surface area contributed by atoms with Crippen molar-refractivity contribution in [1.82, 2.24) is 4.31 Å². The molecule has 0 saturated carbocycles. The Bertz CT molecular complexity index is 623. The zero-order valence-corrected chi connectivity index (χ0v) is 13.6. The number of sulfonamides is 1. The maximum Gasteiger partial charge on any atom is 0.243 e. The zero-order chi connectivity index (χ0) is 15.8. The van der Waals surface area contributed by atoms with E-state index in [4.69, 9.17) is 5.73 Å². The Morgan fingerprint density at radius 1 is 1.38 bits per heavy atom. The maximum absolute atomic E-state index is 13.4. The molecule has 21 heavy (non-hydrogen) atoms. The highest BCUT2D eigenvalue weighted by Crippen LogP contribution is 2.36. The number of nitrogens with zero attached hydrogens (tertiary/aromatic N) is 1. The molecule has 1 aromatic carbocycles. The average Bonchev–Trinajstić information content (AvgIpc) is 2.88. The Hall–Kier alpha value is -0.980. The summed E-state index contributed by atoms with van der Waals surface area (Å²) in [5.74, 6) is -0.250. The maximum atomic E-state index is 13.4. The molecule has 1 saturated heterocycles. The molecule has 2 N–H and O–H groups in total. The highest BCUT2D eigenvalue weighted by molar-refractivity contribution is 7.89. The lowest BCUT2D eigenvalue weighted by molar-refractivity contribution is 0.252. The standard InChI is InChI=1S/C15H23FN2O2S/c1-15(2,3)12-6-7-18(10-12)21(19,20)14-8-13(16)5-4-11(14)9-17/h4-5,8,12H,6-7,9-10,17H2,1-3H3. The lowest BCUT2D eigenvalue weighted by Gasteiger charge is -2.27. The molecule has 1 aliphatic heterocycles. The fraction of sp³-hybridized carbons (Fsp3) is 0.600. The SMILES string of the molecule is CC(C)(C)C1CCN(S(=O)(=O)c2cc(F)ccc2CN)C1. The van der Waals surface area contributed by atoms with Crippen LogP contribution >= 0.6 is 0 Å². The Kier molecular flexibility index (Phi) is 4.42. The first-order valence-electron chi connectivity index (χ1n) is 7.15. The third-order valence-corrected chi connectivity index (χ3v) is 6.19. The lowest BCUT2D eigenvalue weighted by Crippen LogP contribution is -2.32. The summed E-state index contributed by atoms with van der Waals surface area (Å²) < 4.78 is 40.4. The van der Waals surface area contributed by atoms with Crippen LogP contribution in [0.25, 0.3) is 0 Å². The summed E-state index contributed by atoms with van der Waals surface area (Å²) in [6.45, 7) is 7.37. The largest absolute Gasteiger partial charge is 0.326 e. The molecular weight excluding hydrogens is 291 g/mol. The normalized spacial score (nSPS) is 20.9. The van der Waals surface area contributed by atoms with Gasteiger partial charge >= 0.3 is 0 Å².